The van der Waals surface area contributed by atoms with Crippen LogP contribution in [0.1, 0.15) is 35.5 Å². The summed E-state index contributed by atoms with van der Waals surface area (Å²) in [6.07, 6.45) is 0. The minimum absolute atomic E-state index is 0.0187. The van der Waals surface area contributed by atoms with Crippen LogP contribution in [-0.4, -0.2) is 16.9 Å². The van der Waals surface area contributed by atoms with Crippen LogP contribution in [0.3, 0.4) is 0 Å². The number of carbonyl (C=O) groups is 1. The number of aryl methyl sites for hydroxylation is 1. The maximum Gasteiger partial charge on any atom is 0.251 e. The summed E-state index contributed by atoms with van der Waals surface area (Å²) in [6, 6.07) is 7.91. The van der Waals surface area contributed by atoms with E-state index in [1.165, 1.54) is 5.56 Å². The molecule has 0 bridgehead atoms. The number of amides is 1. The quantitative estimate of drug-likeness (QED) is 0.852. The molecule has 0 spiro atoms. The van der Waals surface area contributed by atoms with Gasteiger partial charge in [0.1, 0.15) is 4.34 Å². The molecule has 0 aliphatic heterocycles. The van der Waals surface area contributed by atoms with Gasteiger partial charge < -0.3 is 5.32 Å². The molecule has 0 aliphatic carbocycles. The summed E-state index contributed by atoms with van der Waals surface area (Å²) in [4.78, 5) is 16.2. The van der Waals surface area contributed by atoms with Crippen molar-refractivity contribution in [2.24, 2.45) is 0 Å². The van der Waals surface area contributed by atoms with E-state index in [2.05, 4.69) is 15.7 Å². The van der Waals surface area contributed by atoms with Crippen molar-refractivity contribution in [3.05, 3.63) is 46.5 Å². The van der Waals surface area contributed by atoms with Crippen molar-refractivity contribution in [3.8, 4) is 0 Å². The van der Waals surface area contributed by atoms with Gasteiger partial charge in [-0.25, -0.2) is 4.98 Å². The predicted molar refractivity (Wildman–Crippen MR) is 85.5 cm³/mol. The summed E-state index contributed by atoms with van der Waals surface area (Å²) in [5.41, 5.74) is 2.97. The molecule has 2 aromatic rings. The molecule has 20 heavy (non-hydrogen) atoms. The molecule has 0 atom stereocenters. The topological polar surface area (TPSA) is 42.0 Å². The zero-order valence-corrected chi connectivity index (χ0v) is 13.5. The molecule has 1 N–H and O–H groups in total. The van der Waals surface area contributed by atoms with Crippen LogP contribution in [0, 0.1) is 6.92 Å². The zero-order valence-electron chi connectivity index (χ0n) is 11.8. The molecule has 0 radical (unpaired) electrons. The molecule has 0 saturated carbocycles. The summed E-state index contributed by atoms with van der Waals surface area (Å²) >= 11 is 3.40. The zero-order chi connectivity index (χ0) is 14.5. The second-order valence-corrected chi connectivity index (χ2v) is 6.95. The molecule has 1 amide bonds. The number of benzene rings is 1. The first-order valence-corrected chi connectivity index (χ1v) is 8.36. The summed E-state index contributed by atoms with van der Waals surface area (Å²) in [5.74, 6) is 0.855. The third-order valence-corrected chi connectivity index (χ3v) is 4.81. The highest BCUT2D eigenvalue weighted by molar-refractivity contribution is 8.00. The summed E-state index contributed by atoms with van der Waals surface area (Å²) in [7, 11) is 0. The highest BCUT2D eigenvalue weighted by Gasteiger charge is 2.07. The lowest BCUT2D eigenvalue weighted by atomic mass is 10.1. The number of hydrogen-bond acceptors (Lipinski definition) is 4. The van der Waals surface area contributed by atoms with Gasteiger partial charge in [-0.3, -0.25) is 4.79 Å². The Bertz CT molecular complexity index is 576. The first-order valence-electron chi connectivity index (χ1n) is 6.49. The summed E-state index contributed by atoms with van der Waals surface area (Å²) in [6.45, 7) is 5.92. The smallest absolute Gasteiger partial charge is 0.251 e. The molecule has 1 heterocycles. The van der Waals surface area contributed by atoms with Gasteiger partial charge in [-0.15, -0.1) is 11.3 Å². The third-order valence-electron chi connectivity index (χ3n) is 2.60. The van der Waals surface area contributed by atoms with Crippen LogP contribution in [0.2, 0.25) is 0 Å². The van der Waals surface area contributed by atoms with Gasteiger partial charge >= 0.3 is 0 Å². The van der Waals surface area contributed by atoms with Crippen molar-refractivity contribution in [2.75, 3.05) is 0 Å². The molecule has 0 aliphatic rings. The van der Waals surface area contributed by atoms with Crippen LogP contribution in [0.4, 0.5) is 0 Å². The summed E-state index contributed by atoms with van der Waals surface area (Å²) in [5, 5.41) is 4.94. The van der Waals surface area contributed by atoms with Gasteiger partial charge in [-0.2, -0.15) is 0 Å². The van der Waals surface area contributed by atoms with Crippen LogP contribution >= 0.6 is 23.1 Å². The molecule has 5 heteroatoms. The number of hydrogen-bond donors (Lipinski definition) is 1. The predicted octanol–water partition coefficient (Wildman–Crippen LogP) is 3.88. The lowest BCUT2D eigenvalue weighted by Gasteiger charge is -2.08. The Morgan fingerprint density at radius 1 is 1.35 bits per heavy atom. The number of nitrogens with zero attached hydrogens (tertiary/aromatic N) is 1. The fraction of sp³-hybridized carbons (Fsp3) is 0.333. The third kappa shape index (κ3) is 4.35. The lowest BCUT2D eigenvalue weighted by molar-refractivity contribution is 0.0943. The van der Waals surface area contributed by atoms with E-state index >= 15 is 0 Å². The number of carbonyl (C=O) groups excluding carboxylic acids is 1. The number of aromatic nitrogens is 1. The highest BCUT2D eigenvalue weighted by atomic mass is 32.2. The second-order valence-electron chi connectivity index (χ2n) is 4.87. The fourth-order valence-electron chi connectivity index (χ4n) is 1.64. The van der Waals surface area contributed by atoms with E-state index < -0.39 is 0 Å². The summed E-state index contributed by atoms with van der Waals surface area (Å²) < 4.78 is 1.09. The average molecular weight is 306 g/mol. The first-order chi connectivity index (χ1) is 9.54. The van der Waals surface area contributed by atoms with Crippen LogP contribution in [0.5, 0.6) is 0 Å². The van der Waals surface area contributed by atoms with E-state index in [1.807, 2.05) is 45.0 Å². The molecule has 3 nitrogen and oxygen atoms in total. The van der Waals surface area contributed by atoms with Gasteiger partial charge in [0.05, 0.1) is 0 Å². The van der Waals surface area contributed by atoms with Crippen molar-refractivity contribution in [2.45, 2.75) is 36.9 Å². The standard InChI is InChI=1S/C15H18N2OS2/c1-10(2)16-14(18)13-6-4-12(5-7-13)9-20-15-17-11(3)8-19-15/h4-8,10H,9H2,1-3H3,(H,16,18). The van der Waals surface area contributed by atoms with Crippen molar-refractivity contribution in [1.82, 2.24) is 10.3 Å². The minimum Gasteiger partial charge on any atom is -0.350 e. The normalized spacial score (nSPS) is 10.8. The second kappa shape index (κ2) is 6.90. The van der Waals surface area contributed by atoms with Crippen molar-refractivity contribution in [1.29, 1.82) is 0 Å². The maximum atomic E-state index is 11.8. The monoisotopic (exact) mass is 306 g/mol. The largest absolute Gasteiger partial charge is 0.350 e. The van der Waals surface area contributed by atoms with E-state index in [0.29, 0.717) is 5.56 Å². The SMILES string of the molecule is Cc1csc(SCc2ccc(C(=O)NC(C)C)cc2)n1. The van der Waals surface area contributed by atoms with E-state index in [1.54, 1.807) is 23.1 Å². The van der Waals surface area contributed by atoms with Crippen LogP contribution in [0.25, 0.3) is 0 Å². The van der Waals surface area contributed by atoms with E-state index in [9.17, 15) is 4.79 Å². The Morgan fingerprint density at radius 3 is 2.60 bits per heavy atom. The Morgan fingerprint density at radius 2 is 2.05 bits per heavy atom. The first kappa shape index (κ1) is 15.1. The molecule has 0 unspecified atom stereocenters. The lowest BCUT2D eigenvalue weighted by Crippen LogP contribution is -2.29. The Labute approximate surface area is 127 Å². The number of thioether (sulfide) groups is 1. The van der Waals surface area contributed by atoms with Gasteiger partial charge in [0, 0.05) is 28.4 Å². The van der Waals surface area contributed by atoms with Crippen molar-refractivity contribution >= 4 is 29.0 Å². The van der Waals surface area contributed by atoms with E-state index in [-0.39, 0.29) is 11.9 Å². The molecule has 0 saturated heterocycles. The van der Waals surface area contributed by atoms with Gasteiger partial charge in [0.25, 0.3) is 5.91 Å². The van der Waals surface area contributed by atoms with Crippen LogP contribution in [0.15, 0.2) is 34.0 Å². The van der Waals surface area contributed by atoms with Crippen LogP contribution < -0.4 is 5.32 Å². The van der Waals surface area contributed by atoms with Crippen LogP contribution in [-0.2, 0) is 5.75 Å². The maximum absolute atomic E-state index is 11.8. The number of nitrogens with one attached hydrogen (secondary N) is 1. The molecular formula is C15H18N2OS2. The molecule has 1 aromatic carbocycles. The fourth-order valence-corrected chi connectivity index (χ4v) is 3.45. The van der Waals surface area contributed by atoms with Gasteiger partial charge in [0.2, 0.25) is 0 Å². The molecule has 2 rings (SSSR count). The Kier molecular flexibility index (Phi) is 5.20. The Hall–Kier alpha value is -1.33. The van der Waals surface area contributed by atoms with Gasteiger partial charge in [-0.05, 0) is 38.5 Å². The molecule has 0 fully saturated rings. The Balaban J connectivity index is 1.93. The van der Waals surface area contributed by atoms with Gasteiger partial charge in [0.15, 0.2) is 0 Å². The highest BCUT2D eigenvalue weighted by Crippen LogP contribution is 2.26. The number of rotatable bonds is 5. The van der Waals surface area contributed by atoms with Crippen molar-refractivity contribution < 1.29 is 4.79 Å². The van der Waals surface area contributed by atoms with E-state index in [4.69, 9.17) is 0 Å². The van der Waals surface area contributed by atoms with E-state index in [0.717, 1.165) is 15.8 Å². The minimum atomic E-state index is -0.0187. The number of thiazole rings is 1. The molecular weight excluding hydrogens is 288 g/mol. The van der Waals surface area contributed by atoms with Gasteiger partial charge in [-0.1, -0.05) is 23.9 Å². The average Bonchev–Trinajstić information content (AvgIpc) is 2.82. The molecule has 106 valence electrons. The molecule has 1 aromatic heterocycles. The van der Waals surface area contributed by atoms with Crippen molar-refractivity contribution in [3.63, 3.8) is 0 Å².